The Hall–Kier alpha value is -4.16. The number of aromatic amines is 1. The van der Waals surface area contributed by atoms with Gasteiger partial charge in [-0.25, -0.2) is 13.5 Å². The van der Waals surface area contributed by atoms with Gasteiger partial charge < -0.3 is 14.5 Å². The van der Waals surface area contributed by atoms with Crippen LogP contribution in [0.1, 0.15) is 54.1 Å². The average molecular weight is 622 g/mol. The molecule has 230 valence electrons. The predicted octanol–water partition coefficient (Wildman–Crippen LogP) is 5.68. The summed E-state index contributed by atoms with van der Waals surface area (Å²) < 4.78 is 43.2. The van der Waals surface area contributed by atoms with Crippen LogP contribution in [-0.4, -0.2) is 56.0 Å². The van der Waals surface area contributed by atoms with E-state index in [9.17, 15) is 18.4 Å². The maximum atomic E-state index is 14.7. The van der Waals surface area contributed by atoms with E-state index >= 15 is 0 Å². The molecule has 4 heterocycles. The summed E-state index contributed by atoms with van der Waals surface area (Å²) in [6.07, 6.45) is -1.29. The van der Waals surface area contributed by atoms with E-state index in [1.807, 2.05) is 42.5 Å². The minimum absolute atomic E-state index is 0.0496. The van der Waals surface area contributed by atoms with Crippen LogP contribution in [0.15, 0.2) is 52.6 Å². The summed E-state index contributed by atoms with van der Waals surface area (Å²) in [4.78, 5) is 29.7. The van der Waals surface area contributed by atoms with Gasteiger partial charge in [0.15, 0.2) is 6.10 Å². The molecular weight excluding hydrogens is 588 g/mol. The van der Waals surface area contributed by atoms with Crippen molar-refractivity contribution in [3.05, 3.63) is 86.1 Å². The number of hydrogen-bond acceptors (Lipinski definition) is 8. The van der Waals surface area contributed by atoms with Gasteiger partial charge in [-0.3, -0.25) is 14.5 Å². The monoisotopic (exact) mass is 621 g/mol. The number of carbonyl (C=O) groups excluding carboxylic acids is 1. The molecule has 1 N–H and O–H groups in total. The van der Waals surface area contributed by atoms with Crippen LogP contribution in [0.2, 0.25) is 0 Å². The first-order valence-electron chi connectivity index (χ1n) is 14.5. The molecule has 0 radical (unpaired) electrons. The third-order valence-corrected chi connectivity index (χ3v) is 9.18. The van der Waals surface area contributed by atoms with Gasteiger partial charge >= 0.3 is 5.97 Å². The van der Waals surface area contributed by atoms with Gasteiger partial charge in [-0.2, -0.15) is 0 Å². The molecule has 6 rings (SSSR count). The van der Waals surface area contributed by atoms with Crippen molar-refractivity contribution in [1.29, 1.82) is 0 Å². The molecule has 9 nitrogen and oxygen atoms in total. The Kier molecular flexibility index (Phi) is 7.97. The lowest BCUT2D eigenvalue weighted by Crippen LogP contribution is -2.43. The molecule has 0 saturated heterocycles. The number of ether oxygens (including phenoxy) is 2. The van der Waals surface area contributed by atoms with Crippen LogP contribution in [0.4, 0.5) is 8.78 Å². The summed E-state index contributed by atoms with van der Waals surface area (Å²) in [5.74, 6) is -3.53. The third kappa shape index (κ3) is 5.83. The highest BCUT2D eigenvalue weighted by molar-refractivity contribution is 7.17. The van der Waals surface area contributed by atoms with Crippen LogP contribution < -0.4 is 10.3 Å². The number of benzene rings is 2. The summed E-state index contributed by atoms with van der Waals surface area (Å²) in [6, 6.07) is 12.9. The summed E-state index contributed by atoms with van der Waals surface area (Å²) in [5, 5.41) is 11.5. The van der Waals surface area contributed by atoms with Crippen molar-refractivity contribution in [3.63, 3.8) is 0 Å². The summed E-state index contributed by atoms with van der Waals surface area (Å²) in [5.41, 5.74) is 5.48. The maximum absolute atomic E-state index is 14.7. The van der Waals surface area contributed by atoms with Gasteiger partial charge in [0.2, 0.25) is 5.56 Å². The van der Waals surface area contributed by atoms with Crippen LogP contribution in [0, 0.1) is 6.92 Å². The zero-order valence-electron chi connectivity index (χ0n) is 24.9. The summed E-state index contributed by atoms with van der Waals surface area (Å²) in [6.45, 7) is 5.38. The first-order chi connectivity index (χ1) is 21.0. The average Bonchev–Trinajstić information content (AvgIpc) is 3.55. The highest BCUT2D eigenvalue weighted by Crippen LogP contribution is 2.38. The fourth-order valence-corrected chi connectivity index (χ4v) is 6.88. The lowest BCUT2D eigenvalue weighted by molar-refractivity contribution is -0.143. The zero-order valence-corrected chi connectivity index (χ0v) is 25.7. The number of esters is 1. The molecule has 0 aliphatic carbocycles. The van der Waals surface area contributed by atoms with Gasteiger partial charge in [0.25, 0.3) is 5.92 Å². The van der Waals surface area contributed by atoms with Crippen LogP contribution in [0.5, 0.6) is 5.75 Å². The van der Waals surface area contributed by atoms with E-state index in [0.717, 1.165) is 50.3 Å². The van der Waals surface area contributed by atoms with Crippen LogP contribution in [-0.2, 0) is 29.7 Å². The number of halogens is 2. The Bertz CT molecular complexity index is 1910. The van der Waals surface area contributed by atoms with Crippen molar-refractivity contribution in [2.45, 2.75) is 58.2 Å². The Labute approximate surface area is 256 Å². The second-order valence-electron chi connectivity index (χ2n) is 11.3. The molecule has 1 aliphatic rings. The topological polar surface area (TPSA) is 102 Å². The van der Waals surface area contributed by atoms with Crippen molar-refractivity contribution in [2.24, 2.45) is 7.05 Å². The predicted molar refractivity (Wildman–Crippen MR) is 164 cm³/mol. The van der Waals surface area contributed by atoms with Gasteiger partial charge in [-0.15, -0.1) is 16.4 Å². The van der Waals surface area contributed by atoms with Gasteiger partial charge in [-0.05, 0) is 71.1 Å². The third-order valence-electron chi connectivity index (χ3n) is 8.18. The molecule has 0 spiro atoms. The van der Waals surface area contributed by atoms with Gasteiger partial charge in [0.1, 0.15) is 11.3 Å². The molecule has 12 heteroatoms. The quantitative estimate of drug-likeness (QED) is 0.222. The van der Waals surface area contributed by atoms with Gasteiger partial charge in [-0.1, -0.05) is 17.3 Å². The number of carbonyl (C=O) groups is 1. The molecule has 3 aromatic heterocycles. The lowest BCUT2D eigenvalue weighted by Gasteiger charge is -2.28. The molecule has 0 fully saturated rings. The first kappa shape index (κ1) is 29.9. The lowest BCUT2D eigenvalue weighted by atomic mass is 9.84. The van der Waals surface area contributed by atoms with E-state index in [0.29, 0.717) is 12.2 Å². The molecular formula is C32H33F2N5O4S. The first-order valence-corrected chi connectivity index (χ1v) is 15.3. The van der Waals surface area contributed by atoms with E-state index in [1.54, 1.807) is 22.9 Å². The Morgan fingerprint density at radius 2 is 2.07 bits per heavy atom. The van der Waals surface area contributed by atoms with E-state index in [1.165, 1.54) is 12.1 Å². The van der Waals surface area contributed by atoms with E-state index < -0.39 is 12.0 Å². The van der Waals surface area contributed by atoms with Crippen molar-refractivity contribution in [1.82, 2.24) is 24.9 Å². The number of hydrogen-bond donors (Lipinski definition) is 1. The molecule has 5 aromatic rings. The largest absolute Gasteiger partial charge is 0.481 e. The fraction of sp³-hybridized carbons (Fsp3) is 0.375. The number of alkyl halides is 2. The Balaban J connectivity index is 1.43. The molecule has 0 bridgehead atoms. The second-order valence-corrected chi connectivity index (χ2v) is 12.3. The molecule has 2 atom stereocenters. The number of nitrogens with one attached hydrogen (secondary N) is 1. The molecule has 44 heavy (non-hydrogen) atoms. The zero-order chi connectivity index (χ0) is 31.2. The second kappa shape index (κ2) is 11.7. The highest BCUT2D eigenvalue weighted by Gasteiger charge is 2.40. The van der Waals surface area contributed by atoms with E-state index in [-0.39, 0.29) is 49.3 Å². The van der Waals surface area contributed by atoms with Gasteiger partial charge in [0, 0.05) is 50.3 Å². The molecule has 0 unspecified atom stereocenters. The Morgan fingerprint density at radius 3 is 2.84 bits per heavy atom. The van der Waals surface area contributed by atoms with E-state index in [4.69, 9.17) is 9.47 Å². The molecule has 2 aromatic carbocycles. The number of aromatic nitrogens is 4. The number of pyridine rings is 1. The van der Waals surface area contributed by atoms with Crippen LogP contribution in [0.25, 0.3) is 21.1 Å². The van der Waals surface area contributed by atoms with Crippen molar-refractivity contribution in [3.8, 4) is 5.75 Å². The summed E-state index contributed by atoms with van der Waals surface area (Å²) >= 11 is 1.57. The number of thiophene rings is 1. The van der Waals surface area contributed by atoms with Crippen molar-refractivity contribution < 1.29 is 23.0 Å². The number of fused-ring (bicyclic) bond motifs is 3. The standard InChI is InChI=1S/C32H33F2N5O4S/c1-5-42-29(41)14-23(22-6-7-25-30(18(22)2)36-37-38(25)4)20-12-19-10-11-44-31(19)21(13-20)15-39-16-24-26(8-9-28(40)35-24)43-27(17-39)32(3,33)34/h6-13,23,27H,5,14-17H2,1-4H3,(H,35,40)/t23-,27+/m1/s1. The van der Waals surface area contributed by atoms with Crippen LogP contribution >= 0.6 is 11.3 Å². The van der Waals surface area contributed by atoms with Crippen LogP contribution in [0.3, 0.4) is 0 Å². The number of nitrogens with zero attached hydrogens (tertiary/aromatic N) is 4. The normalized spacial score (nSPS) is 16.5. The summed E-state index contributed by atoms with van der Waals surface area (Å²) in [7, 11) is 1.84. The van der Waals surface area contributed by atoms with Crippen molar-refractivity contribution in [2.75, 3.05) is 13.2 Å². The van der Waals surface area contributed by atoms with E-state index in [2.05, 4.69) is 27.4 Å². The van der Waals surface area contributed by atoms with Crippen molar-refractivity contribution >= 4 is 38.4 Å². The molecule has 1 aliphatic heterocycles. The minimum Gasteiger partial charge on any atom is -0.481 e. The number of aryl methyl sites for hydroxylation is 2. The Morgan fingerprint density at radius 1 is 1.25 bits per heavy atom. The van der Waals surface area contributed by atoms with Gasteiger partial charge in [0.05, 0.1) is 24.2 Å². The maximum Gasteiger partial charge on any atom is 0.306 e. The SMILES string of the molecule is CCOC(=O)C[C@H](c1cc(CN2Cc3[nH]c(=O)ccc3O[C@H](C(C)(F)F)C2)c2sccc2c1)c1ccc2c(nnn2C)c1C. The number of rotatable bonds is 8. The highest BCUT2D eigenvalue weighted by atomic mass is 32.1. The molecule has 0 saturated carbocycles. The fourth-order valence-electron chi connectivity index (χ4n) is 5.99. The molecule has 0 amide bonds. The minimum atomic E-state index is -3.11. The number of H-pyrrole nitrogens is 1. The smallest absolute Gasteiger partial charge is 0.306 e.